The molecule has 0 radical (unpaired) electrons. The second-order valence-corrected chi connectivity index (χ2v) is 7.85. The molecule has 3 aromatic carbocycles. The number of benzene rings is 3. The summed E-state index contributed by atoms with van der Waals surface area (Å²) >= 11 is 0. The lowest BCUT2D eigenvalue weighted by atomic mass is 10.1. The molecule has 4 rings (SSSR count). The molecular formula is C22H16O5S. The van der Waals surface area contributed by atoms with E-state index in [0.717, 1.165) is 11.1 Å². The van der Waals surface area contributed by atoms with Gasteiger partial charge in [-0.05, 0) is 48.4 Å². The van der Waals surface area contributed by atoms with E-state index in [1.54, 1.807) is 24.3 Å². The normalized spacial score (nSPS) is 14.6. The number of hydrogen-bond acceptors (Lipinski definition) is 5. The predicted octanol–water partition coefficient (Wildman–Crippen LogP) is 4.38. The molecule has 1 aliphatic heterocycles. The average molecular weight is 392 g/mol. The van der Waals surface area contributed by atoms with E-state index in [1.165, 1.54) is 30.3 Å². The Morgan fingerprint density at radius 2 is 1.64 bits per heavy atom. The Bertz CT molecular complexity index is 1190. The van der Waals surface area contributed by atoms with Crippen molar-refractivity contribution in [1.82, 2.24) is 0 Å². The van der Waals surface area contributed by atoms with Gasteiger partial charge < -0.3 is 8.92 Å². The molecule has 0 spiro atoms. The highest BCUT2D eigenvalue weighted by Gasteiger charge is 2.28. The van der Waals surface area contributed by atoms with E-state index in [-0.39, 0.29) is 27.9 Å². The summed E-state index contributed by atoms with van der Waals surface area (Å²) in [6.07, 6.45) is 1.68. The smallest absolute Gasteiger partial charge is 0.339 e. The summed E-state index contributed by atoms with van der Waals surface area (Å²) in [5.74, 6) is 0.279. The van der Waals surface area contributed by atoms with Crippen LogP contribution >= 0.6 is 0 Å². The molecular weight excluding hydrogens is 376 g/mol. The molecule has 0 N–H and O–H groups in total. The van der Waals surface area contributed by atoms with Crippen LogP contribution in [0.1, 0.15) is 21.5 Å². The molecule has 0 aliphatic carbocycles. The molecule has 28 heavy (non-hydrogen) atoms. The molecule has 3 aromatic rings. The summed E-state index contributed by atoms with van der Waals surface area (Å²) in [4.78, 5) is 12.6. The van der Waals surface area contributed by atoms with Crippen LogP contribution in [-0.4, -0.2) is 14.2 Å². The molecule has 6 heteroatoms. The quantitative estimate of drug-likeness (QED) is 0.487. The topological polar surface area (TPSA) is 69.7 Å². The van der Waals surface area contributed by atoms with Gasteiger partial charge in [0.2, 0.25) is 5.78 Å². The van der Waals surface area contributed by atoms with Gasteiger partial charge in [-0.2, -0.15) is 8.42 Å². The summed E-state index contributed by atoms with van der Waals surface area (Å²) in [7, 11) is -3.97. The fourth-order valence-electron chi connectivity index (χ4n) is 2.87. The summed E-state index contributed by atoms with van der Waals surface area (Å²) in [6, 6.07) is 19.8. The number of carbonyl (C=O) groups is 1. The summed E-state index contributed by atoms with van der Waals surface area (Å²) in [5, 5.41) is 0. The van der Waals surface area contributed by atoms with Crippen molar-refractivity contribution in [2.45, 2.75) is 11.8 Å². The van der Waals surface area contributed by atoms with Gasteiger partial charge in [-0.25, -0.2) is 0 Å². The fourth-order valence-corrected chi connectivity index (χ4v) is 3.81. The van der Waals surface area contributed by atoms with Crippen molar-refractivity contribution >= 4 is 22.0 Å². The Kier molecular flexibility index (Phi) is 4.49. The highest BCUT2D eigenvalue weighted by atomic mass is 32.2. The van der Waals surface area contributed by atoms with E-state index in [4.69, 9.17) is 8.92 Å². The summed E-state index contributed by atoms with van der Waals surface area (Å²) in [6.45, 7) is 1.94. The lowest BCUT2D eigenvalue weighted by Crippen LogP contribution is -2.09. The molecule has 0 amide bonds. The van der Waals surface area contributed by atoms with Crippen LogP contribution in [0.4, 0.5) is 0 Å². The van der Waals surface area contributed by atoms with Gasteiger partial charge in [0.25, 0.3) is 0 Å². The van der Waals surface area contributed by atoms with Crippen LogP contribution in [0.15, 0.2) is 83.5 Å². The molecule has 140 valence electrons. The van der Waals surface area contributed by atoms with E-state index in [9.17, 15) is 13.2 Å². The Balaban J connectivity index is 1.62. The maximum atomic E-state index is 12.6. The van der Waals surface area contributed by atoms with Gasteiger partial charge in [0.1, 0.15) is 16.4 Å². The summed E-state index contributed by atoms with van der Waals surface area (Å²) in [5.41, 5.74) is 2.26. The first kappa shape index (κ1) is 18.0. The Hall–Kier alpha value is -3.38. The zero-order chi connectivity index (χ0) is 19.7. The number of hydrogen-bond donors (Lipinski definition) is 0. The van der Waals surface area contributed by atoms with Crippen LogP contribution in [-0.2, 0) is 10.1 Å². The minimum atomic E-state index is -3.97. The van der Waals surface area contributed by atoms with Crippen molar-refractivity contribution in [3.05, 3.63) is 95.2 Å². The minimum Gasteiger partial charge on any atom is -0.452 e. The van der Waals surface area contributed by atoms with Crippen molar-refractivity contribution in [3.8, 4) is 11.5 Å². The van der Waals surface area contributed by atoms with E-state index in [1.807, 2.05) is 31.2 Å². The maximum absolute atomic E-state index is 12.6. The lowest BCUT2D eigenvalue weighted by Gasteiger charge is -2.07. The Morgan fingerprint density at radius 1 is 0.929 bits per heavy atom. The van der Waals surface area contributed by atoms with Gasteiger partial charge >= 0.3 is 10.1 Å². The van der Waals surface area contributed by atoms with Crippen LogP contribution in [0.3, 0.4) is 0 Å². The van der Waals surface area contributed by atoms with E-state index in [2.05, 4.69) is 0 Å². The van der Waals surface area contributed by atoms with Crippen molar-refractivity contribution in [2.24, 2.45) is 0 Å². The minimum absolute atomic E-state index is 0.0487. The van der Waals surface area contributed by atoms with E-state index < -0.39 is 10.1 Å². The maximum Gasteiger partial charge on any atom is 0.339 e. The largest absolute Gasteiger partial charge is 0.452 e. The van der Waals surface area contributed by atoms with Gasteiger partial charge in [-0.15, -0.1) is 0 Å². The Morgan fingerprint density at radius 3 is 2.39 bits per heavy atom. The van der Waals surface area contributed by atoms with Crippen LogP contribution < -0.4 is 8.92 Å². The van der Waals surface area contributed by atoms with Gasteiger partial charge in [-0.3, -0.25) is 4.79 Å². The molecule has 0 fully saturated rings. The average Bonchev–Trinajstić information content (AvgIpc) is 2.99. The Labute approximate surface area is 163 Å². The molecule has 1 heterocycles. The molecule has 1 aliphatic rings. The highest BCUT2D eigenvalue weighted by Crippen LogP contribution is 2.35. The van der Waals surface area contributed by atoms with Crippen molar-refractivity contribution in [1.29, 1.82) is 0 Å². The first-order valence-electron chi connectivity index (χ1n) is 8.57. The highest BCUT2D eigenvalue weighted by molar-refractivity contribution is 7.87. The van der Waals surface area contributed by atoms with Crippen LogP contribution in [0.5, 0.6) is 11.5 Å². The SMILES string of the molecule is Cc1ccccc1/C=C1\Oc2cc(OS(=O)(=O)c3ccccc3)ccc2C1=O. The number of ether oxygens (including phenoxy) is 1. The second-order valence-electron chi connectivity index (χ2n) is 6.30. The van der Waals surface area contributed by atoms with Crippen molar-refractivity contribution in [2.75, 3.05) is 0 Å². The van der Waals surface area contributed by atoms with Gasteiger partial charge in [0.05, 0.1) is 5.56 Å². The number of carbonyl (C=O) groups excluding carboxylic acids is 1. The van der Waals surface area contributed by atoms with Crippen LogP contribution in [0.25, 0.3) is 6.08 Å². The standard InChI is InChI=1S/C22H16O5S/c1-15-7-5-6-8-16(15)13-21-22(23)19-12-11-17(14-20(19)26-21)27-28(24,25)18-9-3-2-4-10-18/h2-14H,1H3/b21-13-. The molecule has 0 atom stereocenters. The van der Waals surface area contributed by atoms with Crippen molar-refractivity contribution in [3.63, 3.8) is 0 Å². The van der Waals surface area contributed by atoms with Crippen molar-refractivity contribution < 1.29 is 22.1 Å². The number of rotatable bonds is 4. The predicted molar refractivity (Wildman–Crippen MR) is 105 cm³/mol. The zero-order valence-corrected chi connectivity index (χ0v) is 15.8. The van der Waals surface area contributed by atoms with E-state index in [0.29, 0.717) is 5.56 Å². The second kappa shape index (κ2) is 6.98. The third-order valence-corrected chi connectivity index (χ3v) is 5.62. The fraction of sp³-hybridized carbons (Fsp3) is 0.0455. The molecule has 5 nitrogen and oxygen atoms in total. The number of allylic oxidation sites excluding steroid dienone is 1. The number of aryl methyl sites for hydroxylation is 1. The third kappa shape index (κ3) is 3.42. The molecule has 0 bridgehead atoms. The van der Waals surface area contributed by atoms with Crippen LogP contribution in [0.2, 0.25) is 0 Å². The molecule has 0 saturated carbocycles. The zero-order valence-electron chi connectivity index (χ0n) is 15.0. The number of fused-ring (bicyclic) bond motifs is 1. The molecule has 0 saturated heterocycles. The first-order chi connectivity index (χ1) is 13.4. The lowest BCUT2D eigenvalue weighted by molar-refractivity contribution is 0.101. The third-order valence-electron chi connectivity index (χ3n) is 4.35. The number of ketones is 1. The monoisotopic (exact) mass is 392 g/mol. The summed E-state index contributed by atoms with van der Waals surface area (Å²) < 4.78 is 35.6. The van der Waals surface area contributed by atoms with Gasteiger partial charge in [0, 0.05) is 6.07 Å². The van der Waals surface area contributed by atoms with Gasteiger partial charge in [-0.1, -0.05) is 42.5 Å². The van der Waals surface area contributed by atoms with E-state index >= 15 is 0 Å². The van der Waals surface area contributed by atoms with Gasteiger partial charge in [0.15, 0.2) is 5.76 Å². The molecule has 0 unspecified atom stereocenters. The van der Waals surface area contributed by atoms with Crippen LogP contribution in [0, 0.1) is 6.92 Å². The molecule has 0 aromatic heterocycles. The number of Topliss-reactive ketones (excluding diaryl/α,β-unsaturated/α-hetero) is 1. The first-order valence-corrected chi connectivity index (χ1v) is 9.98.